The third-order valence-corrected chi connectivity index (χ3v) is 4.17. The third kappa shape index (κ3) is 3.95. The molecule has 0 spiro atoms. The van der Waals surface area contributed by atoms with E-state index in [-0.39, 0.29) is 11.8 Å². The highest BCUT2D eigenvalue weighted by Crippen LogP contribution is 2.20. The van der Waals surface area contributed by atoms with Crippen molar-refractivity contribution in [3.05, 3.63) is 51.7 Å². The van der Waals surface area contributed by atoms with Gasteiger partial charge in [0.15, 0.2) is 0 Å². The van der Waals surface area contributed by atoms with Gasteiger partial charge in [-0.2, -0.15) is 0 Å². The molecular weight excluding hydrogens is 296 g/mol. The molecule has 0 bridgehead atoms. The van der Waals surface area contributed by atoms with Crippen LogP contribution in [0.4, 0.5) is 5.69 Å². The minimum Gasteiger partial charge on any atom is -0.352 e. The summed E-state index contributed by atoms with van der Waals surface area (Å²) in [5.41, 5.74) is 1.94. The summed E-state index contributed by atoms with van der Waals surface area (Å²) in [5, 5.41) is 7.58. The van der Waals surface area contributed by atoms with E-state index in [4.69, 9.17) is 0 Å². The van der Waals surface area contributed by atoms with Crippen LogP contribution in [0.1, 0.15) is 39.4 Å². The Morgan fingerprint density at radius 3 is 2.50 bits per heavy atom. The highest BCUT2D eigenvalue weighted by atomic mass is 32.1. The summed E-state index contributed by atoms with van der Waals surface area (Å²) < 4.78 is 0. The Bertz CT molecular complexity index is 677. The van der Waals surface area contributed by atoms with E-state index in [1.54, 1.807) is 24.3 Å². The molecule has 5 heteroatoms. The molecule has 2 amide bonds. The first-order valence-electron chi connectivity index (χ1n) is 7.21. The Kier molecular flexibility index (Phi) is 5.33. The van der Waals surface area contributed by atoms with Gasteiger partial charge in [-0.05, 0) is 42.0 Å². The number of hydrogen-bond acceptors (Lipinski definition) is 3. The monoisotopic (exact) mass is 316 g/mol. The predicted molar refractivity (Wildman–Crippen MR) is 90.6 cm³/mol. The number of aryl methyl sites for hydroxylation is 1. The van der Waals surface area contributed by atoms with E-state index < -0.39 is 0 Å². The van der Waals surface area contributed by atoms with Gasteiger partial charge >= 0.3 is 0 Å². The minimum atomic E-state index is -0.184. The Morgan fingerprint density at radius 2 is 1.86 bits per heavy atom. The van der Waals surface area contributed by atoms with Gasteiger partial charge < -0.3 is 10.6 Å². The standard InChI is InChI=1S/C17H20N2O2S/c1-11(2)10-18-16(20)13-6-4-5-7-14(13)19-17(21)15-12(3)8-9-22-15/h4-9,11H,10H2,1-3H3,(H,18,20)(H,19,21). The van der Waals surface area contributed by atoms with Crippen molar-refractivity contribution in [2.75, 3.05) is 11.9 Å². The minimum absolute atomic E-state index is 0.174. The molecule has 1 aromatic carbocycles. The number of anilines is 1. The van der Waals surface area contributed by atoms with Crippen LogP contribution in [0.3, 0.4) is 0 Å². The molecule has 0 fully saturated rings. The number of benzene rings is 1. The second-order valence-corrected chi connectivity index (χ2v) is 6.45. The van der Waals surface area contributed by atoms with Gasteiger partial charge in [-0.25, -0.2) is 0 Å². The number of rotatable bonds is 5. The maximum Gasteiger partial charge on any atom is 0.266 e. The van der Waals surface area contributed by atoms with Crippen LogP contribution < -0.4 is 10.6 Å². The molecule has 0 radical (unpaired) electrons. The number of para-hydroxylation sites is 1. The molecule has 2 rings (SSSR count). The van der Waals surface area contributed by atoms with Crippen molar-refractivity contribution in [1.82, 2.24) is 5.32 Å². The summed E-state index contributed by atoms with van der Waals surface area (Å²) in [6.07, 6.45) is 0. The molecule has 116 valence electrons. The first-order chi connectivity index (χ1) is 10.5. The molecule has 0 aliphatic carbocycles. The molecule has 2 aromatic rings. The number of carbonyl (C=O) groups excluding carboxylic acids is 2. The van der Waals surface area contributed by atoms with E-state index in [0.717, 1.165) is 5.56 Å². The highest BCUT2D eigenvalue weighted by molar-refractivity contribution is 7.12. The van der Waals surface area contributed by atoms with E-state index in [1.165, 1.54) is 11.3 Å². The average molecular weight is 316 g/mol. The van der Waals surface area contributed by atoms with Crippen molar-refractivity contribution >= 4 is 28.8 Å². The molecular formula is C17H20N2O2S. The normalized spacial score (nSPS) is 10.5. The summed E-state index contributed by atoms with van der Waals surface area (Å²) in [7, 11) is 0. The zero-order chi connectivity index (χ0) is 16.1. The number of thiophene rings is 1. The number of carbonyl (C=O) groups is 2. The molecule has 2 N–H and O–H groups in total. The summed E-state index contributed by atoms with van der Waals surface area (Å²) in [5.74, 6) is 0.0172. The van der Waals surface area contributed by atoms with Gasteiger partial charge in [-0.15, -0.1) is 11.3 Å². The Hall–Kier alpha value is -2.14. The SMILES string of the molecule is Cc1ccsc1C(=O)Nc1ccccc1C(=O)NCC(C)C. The van der Waals surface area contributed by atoms with E-state index in [9.17, 15) is 9.59 Å². The lowest BCUT2D eigenvalue weighted by atomic mass is 10.1. The molecule has 22 heavy (non-hydrogen) atoms. The summed E-state index contributed by atoms with van der Waals surface area (Å²) in [4.78, 5) is 25.2. The predicted octanol–water partition coefficient (Wildman–Crippen LogP) is 3.69. The molecule has 0 saturated heterocycles. The van der Waals surface area contributed by atoms with Gasteiger partial charge in [0, 0.05) is 6.54 Å². The second kappa shape index (κ2) is 7.22. The number of hydrogen-bond donors (Lipinski definition) is 2. The van der Waals surface area contributed by atoms with Crippen molar-refractivity contribution in [3.63, 3.8) is 0 Å². The molecule has 0 saturated carbocycles. The van der Waals surface area contributed by atoms with Crippen LogP contribution in [0.2, 0.25) is 0 Å². The first kappa shape index (κ1) is 16.2. The van der Waals surface area contributed by atoms with Crippen LogP contribution in [0.15, 0.2) is 35.7 Å². The molecule has 4 nitrogen and oxygen atoms in total. The van der Waals surface area contributed by atoms with Crippen LogP contribution in [0, 0.1) is 12.8 Å². The van der Waals surface area contributed by atoms with Crippen molar-refractivity contribution in [2.45, 2.75) is 20.8 Å². The lowest BCUT2D eigenvalue weighted by Crippen LogP contribution is -2.28. The van der Waals surface area contributed by atoms with E-state index in [0.29, 0.717) is 28.6 Å². The van der Waals surface area contributed by atoms with E-state index >= 15 is 0 Å². The number of amides is 2. The summed E-state index contributed by atoms with van der Waals surface area (Å²) >= 11 is 1.39. The smallest absolute Gasteiger partial charge is 0.266 e. The maximum absolute atomic E-state index is 12.3. The topological polar surface area (TPSA) is 58.2 Å². The van der Waals surface area contributed by atoms with Crippen LogP contribution in [0.25, 0.3) is 0 Å². The fourth-order valence-corrected chi connectivity index (χ4v) is 2.79. The average Bonchev–Trinajstić information content (AvgIpc) is 2.91. The fourth-order valence-electron chi connectivity index (χ4n) is 1.97. The van der Waals surface area contributed by atoms with Crippen LogP contribution in [-0.2, 0) is 0 Å². The van der Waals surface area contributed by atoms with Crippen molar-refractivity contribution < 1.29 is 9.59 Å². The Labute approximate surface area is 134 Å². The summed E-state index contributed by atoms with van der Waals surface area (Å²) in [6.45, 7) is 6.57. The zero-order valence-electron chi connectivity index (χ0n) is 13.0. The molecule has 1 aromatic heterocycles. The lowest BCUT2D eigenvalue weighted by Gasteiger charge is -2.12. The van der Waals surface area contributed by atoms with Gasteiger partial charge in [0.05, 0.1) is 16.1 Å². The largest absolute Gasteiger partial charge is 0.352 e. The zero-order valence-corrected chi connectivity index (χ0v) is 13.8. The van der Waals surface area contributed by atoms with Crippen molar-refractivity contribution in [1.29, 1.82) is 0 Å². The van der Waals surface area contributed by atoms with Crippen LogP contribution >= 0.6 is 11.3 Å². The molecule has 0 aliphatic heterocycles. The lowest BCUT2D eigenvalue weighted by molar-refractivity contribution is 0.0950. The Balaban J connectivity index is 2.16. The van der Waals surface area contributed by atoms with Gasteiger partial charge in [0.2, 0.25) is 0 Å². The van der Waals surface area contributed by atoms with Crippen LogP contribution in [-0.4, -0.2) is 18.4 Å². The Morgan fingerprint density at radius 1 is 1.14 bits per heavy atom. The molecule has 1 heterocycles. The van der Waals surface area contributed by atoms with Gasteiger partial charge in [-0.1, -0.05) is 26.0 Å². The summed E-state index contributed by atoms with van der Waals surface area (Å²) in [6, 6.07) is 8.95. The van der Waals surface area contributed by atoms with E-state index in [1.807, 2.05) is 32.2 Å². The second-order valence-electron chi connectivity index (χ2n) is 5.54. The molecule has 0 aliphatic rings. The van der Waals surface area contributed by atoms with Gasteiger partial charge in [-0.3, -0.25) is 9.59 Å². The van der Waals surface area contributed by atoms with Gasteiger partial charge in [0.1, 0.15) is 0 Å². The maximum atomic E-state index is 12.3. The highest BCUT2D eigenvalue weighted by Gasteiger charge is 2.15. The molecule has 0 atom stereocenters. The number of nitrogens with one attached hydrogen (secondary N) is 2. The third-order valence-electron chi connectivity index (χ3n) is 3.16. The van der Waals surface area contributed by atoms with Crippen molar-refractivity contribution in [3.8, 4) is 0 Å². The fraction of sp³-hybridized carbons (Fsp3) is 0.294. The van der Waals surface area contributed by atoms with Gasteiger partial charge in [0.25, 0.3) is 11.8 Å². The first-order valence-corrected chi connectivity index (χ1v) is 8.09. The quantitative estimate of drug-likeness (QED) is 0.883. The van der Waals surface area contributed by atoms with Crippen molar-refractivity contribution in [2.24, 2.45) is 5.92 Å². The van der Waals surface area contributed by atoms with Crippen LogP contribution in [0.5, 0.6) is 0 Å². The molecule has 0 unspecified atom stereocenters. The van der Waals surface area contributed by atoms with E-state index in [2.05, 4.69) is 10.6 Å².